The van der Waals surface area contributed by atoms with Crippen LogP contribution in [0.4, 0.5) is 5.82 Å². The van der Waals surface area contributed by atoms with Gasteiger partial charge in [0.2, 0.25) is 0 Å². The fourth-order valence-corrected chi connectivity index (χ4v) is 4.01. The number of benzene rings is 1. The highest BCUT2D eigenvalue weighted by Gasteiger charge is 2.27. The monoisotopic (exact) mass is 365 g/mol. The van der Waals surface area contributed by atoms with Gasteiger partial charge in [-0.3, -0.25) is 11.6 Å². The molecule has 2 aromatic rings. The van der Waals surface area contributed by atoms with Gasteiger partial charge < -0.3 is 9.29 Å². The van der Waals surface area contributed by atoms with Crippen molar-refractivity contribution >= 4 is 21.9 Å². The van der Waals surface area contributed by atoms with E-state index in [1.165, 1.54) is 26.3 Å². The lowest BCUT2D eigenvalue weighted by molar-refractivity contribution is -0.623. The molecule has 25 heavy (non-hydrogen) atoms. The van der Waals surface area contributed by atoms with Crippen LogP contribution < -0.4 is 16.3 Å². The van der Waals surface area contributed by atoms with Crippen molar-refractivity contribution in [3.8, 4) is 11.1 Å². The molecule has 1 heterocycles. The van der Waals surface area contributed by atoms with E-state index in [1.54, 1.807) is 19.9 Å². The number of rotatable bonds is 3. The number of nitrogens with zero attached hydrogens (tertiary/aromatic N) is 1. The lowest BCUT2D eigenvalue weighted by Crippen LogP contribution is -2.47. The van der Waals surface area contributed by atoms with Crippen LogP contribution in [0.1, 0.15) is 27.0 Å². The van der Waals surface area contributed by atoms with Crippen molar-refractivity contribution in [2.45, 2.75) is 25.7 Å². The van der Waals surface area contributed by atoms with Crippen LogP contribution in [0.3, 0.4) is 0 Å². The Labute approximate surface area is 145 Å². The van der Waals surface area contributed by atoms with Crippen molar-refractivity contribution in [2.24, 2.45) is 0 Å². The fraction of sp³-hybridized carbons (Fsp3) is 0.250. The Kier molecular flexibility index (Phi) is 4.74. The van der Waals surface area contributed by atoms with Crippen molar-refractivity contribution in [3.05, 3.63) is 40.6 Å². The van der Waals surface area contributed by atoms with Crippen LogP contribution in [-0.2, 0) is 14.9 Å². The van der Waals surface area contributed by atoms with Crippen LogP contribution in [0.5, 0.6) is 0 Å². The van der Waals surface area contributed by atoms with Crippen molar-refractivity contribution in [1.29, 1.82) is 0 Å². The van der Waals surface area contributed by atoms with Gasteiger partial charge in [0.1, 0.15) is 16.3 Å². The van der Waals surface area contributed by atoms with Gasteiger partial charge in [0.15, 0.2) is 5.56 Å². The molecule has 0 bridgehead atoms. The second kappa shape index (κ2) is 6.34. The zero-order chi connectivity index (χ0) is 19.1. The molecule has 0 radical (unpaired) electrons. The topological polar surface area (TPSA) is 139 Å². The molecule has 0 spiro atoms. The minimum atomic E-state index is -4.70. The Balaban J connectivity index is 2.99. The zero-order valence-corrected chi connectivity index (χ0v) is 15.1. The Morgan fingerprint density at radius 1 is 1.24 bits per heavy atom. The highest BCUT2D eigenvalue weighted by Crippen LogP contribution is 2.36. The molecule has 0 aliphatic rings. The normalized spacial score (nSPS) is 11.4. The molecule has 0 aliphatic heterocycles. The number of hydrogen-bond donors (Lipinski definition) is 2. The van der Waals surface area contributed by atoms with Crippen molar-refractivity contribution in [2.75, 3.05) is 18.7 Å². The quantitative estimate of drug-likeness (QED) is 0.350. The van der Waals surface area contributed by atoms with E-state index in [9.17, 15) is 17.8 Å². The summed E-state index contributed by atoms with van der Waals surface area (Å²) < 4.78 is 40.8. The van der Waals surface area contributed by atoms with Gasteiger partial charge in [-0.2, -0.15) is 0 Å². The molecule has 4 N–H and O–H groups in total. The molecule has 2 rings (SSSR count). The third-order valence-corrected chi connectivity index (χ3v) is 5.14. The summed E-state index contributed by atoms with van der Waals surface area (Å²) in [5.74, 6) is 4.93. The van der Waals surface area contributed by atoms with E-state index in [1.807, 2.05) is 0 Å². The van der Waals surface area contributed by atoms with Crippen LogP contribution in [0.2, 0.25) is 0 Å². The van der Waals surface area contributed by atoms with Gasteiger partial charge in [-0.15, -0.1) is 4.68 Å². The smallest absolute Gasteiger partial charge is 0.346 e. The molecule has 0 saturated heterocycles. The lowest BCUT2D eigenvalue weighted by atomic mass is 9.91. The van der Waals surface area contributed by atoms with Crippen molar-refractivity contribution in [3.63, 3.8) is 0 Å². The first-order valence-electron chi connectivity index (χ1n) is 7.25. The van der Waals surface area contributed by atoms with Crippen LogP contribution in [0, 0.1) is 20.8 Å². The molecule has 1 aromatic carbocycles. The fourth-order valence-electron chi connectivity index (χ4n) is 3.08. The predicted octanol–water partition coefficient (Wildman–Crippen LogP) is 0.553. The first kappa shape index (κ1) is 18.7. The summed E-state index contributed by atoms with van der Waals surface area (Å²) in [5.41, 5.74) is 7.93. The summed E-state index contributed by atoms with van der Waals surface area (Å²) in [5, 5.41) is 0. The number of nitrogen functional groups attached to an aromatic ring is 2. The lowest BCUT2D eigenvalue weighted by Gasteiger charge is -2.20. The standard InChI is InChI=1S/C16H19N3O5S/c1-8-7-9(2)14(25(21,22)23)10(3)12(8)11-5-6-19(18)15(17)13(11)16(20)24-4/h5-7,17H,18H2,1-4H3,(H,21,22,23). The number of esters is 1. The predicted molar refractivity (Wildman–Crippen MR) is 90.1 cm³/mol. The molecule has 0 aliphatic carbocycles. The van der Waals surface area contributed by atoms with Gasteiger partial charge in [-0.25, -0.2) is 13.2 Å². The van der Waals surface area contributed by atoms with Crippen molar-refractivity contribution in [1.82, 2.24) is 0 Å². The number of hydrogen-bond acceptors (Lipinski definition) is 7. The van der Waals surface area contributed by atoms with Gasteiger partial charge in [0.25, 0.3) is 0 Å². The third kappa shape index (κ3) is 3.15. The summed E-state index contributed by atoms with van der Waals surface area (Å²) in [6, 6.07) is 3.10. The molecule has 1 aromatic heterocycles. The van der Waals surface area contributed by atoms with E-state index in [4.69, 9.17) is 16.3 Å². The molecule has 134 valence electrons. The van der Waals surface area contributed by atoms with Gasteiger partial charge in [-0.1, -0.05) is 6.07 Å². The highest BCUT2D eigenvalue weighted by atomic mass is 32.2. The van der Waals surface area contributed by atoms with E-state index >= 15 is 0 Å². The summed E-state index contributed by atoms with van der Waals surface area (Å²) in [6.07, 6.45) is 1.43. The minimum absolute atomic E-state index is 0.00296. The number of aromatic nitrogens is 1. The Morgan fingerprint density at radius 2 is 1.84 bits per heavy atom. The largest absolute Gasteiger partial charge is 0.744 e. The summed E-state index contributed by atoms with van der Waals surface area (Å²) >= 11 is 0. The van der Waals surface area contributed by atoms with E-state index in [2.05, 4.69) is 0 Å². The van der Waals surface area contributed by atoms with Crippen LogP contribution in [0.15, 0.2) is 23.2 Å². The summed E-state index contributed by atoms with van der Waals surface area (Å²) in [4.78, 5) is 11.9. The SMILES string of the molecule is COC(=O)c1c(-c2c(C)cc(C)c(S(=O)(=O)[O-])c2C)cc[n+](N)c1N. The molecule has 0 fully saturated rings. The summed E-state index contributed by atoms with van der Waals surface area (Å²) in [7, 11) is -3.50. The molecular formula is C16H19N3O5S. The Bertz CT molecular complexity index is 984. The molecular weight excluding hydrogens is 346 g/mol. The summed E-state index contributed by atoms with van der Waals surface area (Å²) in [6.45, 7) is 4.81. The zero-order valence-electron chi connectivity index (χ0n) is 14.3. The van der Waals surface area contributed by atoms with Gasteiger partial charge in [0.05, 0.1) is 12.0 Å². The van der Waals surface area contributed by atoms with Crippen molar-refractivity contribution < 1.29 is 27.2 Å². The Morgan fingerprint density at radius 3 is 2.36 bits per heavy atom. The number of carbonyl (C=O) groups is 1. The second-order valence-electron chi connectivity index (χ2n) is 5.68. The molecule has 0 unspecified atom stereocenters. The first-order chi connectivity index (χ1) is 11.5. The molecule has 0 saturated carbocycles. The third-order valence-electron chi connectivity index (χ3n) is 4.02. The molecule has 9 heteroatoms. The van der Waals surface area contributed by atoms with Gasteiger partial charge in [-0.05, 0) is 49.1 Å². The maximum atomic E-state index is 12.2. The number of methoxy groups -OCH3 is 1. The van der Waals surface area contributed by atoms with E-state index in [-0.39, 0.29) is 21.8 Å². The van der Waals surface area contributed by atoms with E-state index < -0.39 is 16.1 Å². The maximum absolute atomic E-state index is 12.2. The number of anilines is 1. The number of aryl methyl sites for hydroxylation is 2. The highest BCUT2D eigenvalue weighted by molar-refractivity contribution is 7.85. The molecule has 8 nitrogen and oxygen atoms in total. The van der Waals surface area contributed by atoms with E-state index in [0.717, 1.165) is 4.68 Å². The maximum Gasteiger partial charge on any atom is 0.346 e. The average molecular weight is 365 g/mol. The average Bonchev–Trinajstić information content (AvgIpc) is 2.48. The minimum Gasteiger partial charge on any atom is -0.744 e. The Hall–Kier alpha value is -2.65. The van der Waals surface area contributed by atoms with Crippen LogP contribution >= 0.6 is 0 Å². The van der Waals surface area contributed by atoms with E-state index in [0.29, 0.717) is 22.3 Å². The van der Waals surface area contributed by atoms with Gasteiger partial charge >= 0.3 is 11.8 Å². The molecule has 0 atom stereocenters. The van der Waals surface area contributed by atoms with Gasteiger partial charge in [0, 0.05) is 5.56 Å². The number of pyridine rings is 1. The molecule has 0 amide bonds. The van der Waals surface area contributed by atoms with Crippen LogP contribution in [0.25, 0.3) is 11.1 Å². The second-order valence-corrected chi connectivity index (χ2v) is 7.00. The number of nitrogens with two attached hydrogens (primary N) is 2. The van der Waals surface area contributed by atoms with Crippen LogP contribution in [-0.4, -0.2) is 26.0 Å². The number of ether oxygens (including phenoxy) is 1. The first-order valence-corrected chi connectivity index (χ1v) is 8.66. The number of carbonyl (C=O) groups excluding carboxylic acids is 1.